The standard InChI is InChI=1S/C29H33F/c1-3-5-7-9-11-25-17-21-28-27(22-25)20-19-26(29(28)30)18-16-24-14-12-23(13-15-24)10-8-6-4-2/h12-15,17,19-22H,3-11H2,1-2H3. The van der Waals surface area contributed by atoms with Crippen LogP contribution in [0.4, 0.5) is 4.39 Å². The Morgan fingerprint density at radius 2 is 1.33 bits per heavy atom. The molecule has 0 radical (unpaired) electrons. The number of fused-ring (bicyclic) bond motifs is 1. The van der Waals surface area contributed by atoms with E-state index in [9.17, 15) is 4.39 Å². The van der Waals surface area contributed by atoms with E-state index in [4.69, 9.17) is 0 Å². The molecule has 0 saturated carbocycles. The lowest BCUT2D eigenvalue weighted by Crippen LogP contribution is -1.90. The fourth-order valence-electron chi connectivity index (χ4n) is 3.82. The van der Waals surface area contributed by atoms with Crippen LogP contribution < -0.4 is 0 Å². The first-order valence-corrected chi connectivity index (χ1v) is 11.5. The monoisotopic (exact) mass is 400 g/mol. The largest absolute Gasteiger partial charge is 0.205 e. The SMILES string of the molecule is CCCCCCc1ccc2c(F)c(C#Cc3ccc(CCCCC)cc3)ccc2c1. The van der Waals surface area contributed by atoms with Gasteiger partial charge in [0, 0.05) is 10.9 Å². The fraction of sp³-hybridized carbons (Fsp3) is 0.379. The van der Waals surface area contributed by atoms with Gasteiger partial charge in [-0.15, -0.1) is 0 Å². The van der Waals surface area contributed by atoms with Crippen LogP contribution in [-0.2, 0) is 12.8 Å². The van der Waals surface area contributed by atoms with Gasteiger partial charge in [-0.3, -0.25) is 0 Å². The molecule has 1 heteroatoms. The van der Waals surface area contributed by atoms with Gasteiger partial charge in [0.2, 0.25) is 0 Å². The van der Waals surface area contributed by atoms with E-state index in [1.165, 1.54) is 56.1 Å². The molecule has 3 rings (SSSR count). The second-order valence-electron chi connectivity index (χ2n) is 8.20. The van der Waals surface area contributed by atoms with Crippen molar-refractivity contribution in [1.29, 1.82) is 0 Å². The van der Waals surface area contributed by atoms with Gasteiger partial charge >= 0.3 is 0 Å². The molecule has 0 spiro atoms. The molecule has 0 fully saturated rings. The highest BCUT2D eigenvalue weighted by Crippen LogP contribution is 2.23. The van der Waals surface area contributed by atoms with Crippen LogP contribution in [0.2, 0.25) is 0 Å². The van der Waals surface area contributed by atoms with Crippen molar-refractivity contribution in [2.75, 3.05) is 0 Å². The fourth-order valence-corrected chi connectivity index (χ4v) is 3.82. The van der Waals surface area contributed by atoms with E-state index in [0.717, 1.165) is 23.8 Å². The smallest absolute Gasteiger partial charge is 0.146 e. The quantitative estimate of drug-likeness (QED) is 0.251. The summed E-state index contributed by atoms with van der Waals surface area (Å²) in [6.07, 6.45) is 10.9. The van der Waals surface area contributed by atoms with E-state index >= 15 is 0 Å². The summed E-state index contributed by atoms with van der Waals surface area (Å²) in [7, 11) is 0. The molecule has 0 aliphatic carbocycles. The lowest BCUT2D eigenvalue weighted by Gasteiger charge is -2.06. The molecule has 0 nitrogen and oxygen atoms in total. The molecule has 156 valence electrons. The number of hydrogen-bond acceptors (Lipinski definition) is 0. The van der Waals surface area contributed by atoms with Gasteiger partial charge < -0.3 is 0 Å². The zero-order chi connectivity index (χ0) is 21.2. The highest BCUT2D eigenvalue weighted by atomic mass is 19.1. The van der Waals surface area contributed by atoms with Crippen LogP contribution in [0.1, 0.15) is 81.0 Å². The van der Waals surface area contributed by atoms with Crippen LogP contribution in [0.3, 0.4) is 0 Å². The van der Waals surface area contributed by atoms with Gasteiger partial charge in [-0.25, -0.2) is 4.39 Å². The highest BCUT2D eigenvalue weighted by Gasteiger charge is 2.06. The average molecular weight is 401 g/mol. The van der Waals surface area contributed by atoms with Crippen molar-refractivity contribution in [1.82, 2.24) is 0 Å². The van der Waals surface area contributed by atoms with Gasteiger partial charge in [0.05, 0.1) is 5.56 Å². The van der Waals surface area contributed by atoms with Crippen molar-refractivity contribution in [3.63, 3.8) is 0 Å². The van der Waals surface area contributed by atoms with Crippen molar-refractivity contribution in [2.45, 2.75) is 71.6 Å². The number of unbranched alkanes of at least 4 members (excludes halogenated alkanes) is 5. The van der Waals surface area contributed by atoms with Crippen LogP contribution in [0, 0.1) is 17.7 Å². The summed E-state index contributed by atoms with van der Waals surface area (Å²) in [6.45, 7) is 4.45. The lowest BCUT2D eigenvalue weighted by molar-refractivity contribution is 0.636. The molecule has 0 heterocycles. The van der Waals surface area contributed by atoms with Crippen LogP contribution in [0.5, 0.6) is 0 Å². The van der Waals surface area contributed by atoms with E-state index in [1.807, 2.05) is 30.3 Å². The first kappa shape index (κ1) is 22.1. The van der Waals surface area contributed by atoms with E-state index in [1.54, 1.807) is 0 Å². The maximum Gasteiger partial charge on any atom is 0.146 e. The average Bonchev–Trinajstić information content (AvgIpc) is 2.77. The minimum absolute atomic E-state index is 0.214. The molecule has 0 aliphatic rings. The van der Waals surface area contributed by atoms with Crippen molar-refractivity contribution in [2.24, 2.45) is 0 Å². The molecule has 0 saturated heterocycles. The summed E-state index contributed by atoms with van der Waals surface area (Å²) in [4.78, 5) is 0. The van der Waals surface area contributed by atoms with Crippen molar-refractivity contribution >= 4 is 10.8 Å². The first-order valence-electron chi connectivity index (χ1n) is 11.5. The molecule has 3 aromatic carbocycles. The van der Waals surface area contributed by atoms with Gasteiger partial charge in [-0.1, -0.05) is 94.2 Å². The third kappa shape index (κ3) is 6.20. The normalized spacial score (nSPS) is 10.8. The lowest BCUT2D eigenvalue weighted by atomic mass is 10.00. The Hall–Kier alpha value is -2.59. The summed E-state index contributed by atoms with van der Waals surface area (Å²) < 4.78 is 15.0. The predicted molar refractivity (Wildman–Crippen MR) is 127 cm³/mol. The Morgan fingerprint density at radius 3 is 2.10 bits per heavy atom. The number of benzene rings is 3. The number of rotatable bonds is 9. The summed E-state index contributed by atoms with van der Waals surface area (Å²) in [5, 5.41) is 1.62. The molecular weight excluding hydrogens is 367 g/mol. The molecule has 0 bridgehead atoms. The molecule has 0 atom stereocenters. The number of aryl methyl sites for hydroxylation is 2. The van der Waals surface area contributed by atoms with Gasteiger partial charge in [0.25, 0.3) is 0 Å². The zero-order valence-corrected chi connectivity index (χ0v) is 18.4. The molecule has 3 aromatic rings. The van der Waals surface area contributed by atoms with Crippen LogP contribution >= 0.6 is 0 Å². The summed E-state index contributed by atoms with van der Waals surface area (Å²) in [6, 6.07) is 18.3. The Kier molecular flexibility index (Phi) is 8.52. The summed E-state index contributed by atoms with van der Waals surface area (Å²) in [5.41, 5.74) is 4.02. The van der Waals surface area contributed by atoms with E-state index in [-0.39, 0.29) is 5.82 Å². The minimum Gasteiger partial charge on any atom is -0.205 e. The number of halogens is 1. The molecule has 30 heavy (non-hydrogen) atoms. The van der Waals surface area contributed by atoms with Crippen LogP contribution in [0.25, 0.3) is 10.8 Å². The third-order valence-electron chi connectivity index (χ3n) is 5.70. The molecule has 0 aliphatic heterocycles. The van der Waals surface area contributed by atoms with E-state index in [2.05, 4.69) is 50.0 Å². The van der Waals surface area contributed by atoms with Gasteiger partial charge in [-0.05, 0) is 60.4 Å². The topological polar surface area (TPSA) is 0 Å². The molecule has 0 unspecified atom stereocenters. The van der Waals surface area contributed by atoms with Crippen LogP contribution in [-0.4, -0.2) is 0 Å². The second kappa shape index (κ2) is 11.6. The van der Waals surface area contributed by atoms with Gasteiger partial charge in [0.15, 0.2) is 0 Å². The highest BCUT2D eigenvalue weighted by molar-refractivity contribution is 5.85. The summed E-state index contributed by atoms with van der Waals surface area (Å²) >= 11 is 0. The van der Waals surface area contributed by atoms with E-state index < -0.39 is 0 Å². The van der Waals surface area contributed by atoms with Gasteiger partial charge in [0.1, 0.15) is 5.82 Å². The van der Waals surface area contributed by atoms with Crippen molar-refractivity contribution in [3.8, 4) is 11.8 Å². The Bertz CT molecular complexity index is 1000. The zero-order valence-electron chi connectivity index (χ0n) is 18.4. The Morgan fingerprint density at radius 1 is 0.667 bits per heavy atom. The third-order valence-corrected chi connectivity index (χ3v) is 5.70. The maximum absolute atomic E-state index is 15.0. The molecule has 0 N–H and O–H groups in total. The second-order valence-corrected chi connectivity index (χ2v) is 8.20. The molecule has 0 amide bonds. The van der Waals surface area contributed by atoms with Crippen molar-refractivity contribution in [3.05, 3.63) is 82.7 Å². The minimum atomic E-state index is -0.214. The number of hydrogen-bond donors (Lipinski definition) is 0. The van der Waals surface area contributed by atoms with Gasteiger partial charge in [-0.2, -0.15) is 0 Å². The van der Waals surface area contributed by atoms with Crippen molar-refractivity contribution < 1.29 is 4.39 Å². The summed E-state index contributed by atoms with van der Waals surface area (Å²) in [5.74, 6) is 5.94. The molecule has 0 aromatic heterocycles. The van der Waals surface area contributed by atoms with E-state index in [0.29, 0.717) is 10.9 Å². The predicted octanol–water partition coefficient (Wildman–Crippen LogP) is 8.23. The Balaban J connectivity index is 1.70. The molecular formula is C29H33F. The Labute approximate surface area is 181 Å². The van der Waals surface area contributed by atoms with Crippen LogP contribution in [0.15, 0.2) is 54.6 Å². The first-order chi connectivity index (χ1) is 14.7. The maximum atomic E-state index is 15.0.